The van der Waals surface area contributed by atoms with Crippen molar-refractivity contribution in [1.82, 2.24) is 4.31 Å². The summed E-state index contributed by atoms with van der Waals surface area (Å²) in [6.07, 6.45) is 0.686. The van der Waals surface area contributed by atoms with E-state index < -0.39 is 15.6 Å². The molecule has 0 aromatic carbocycles. The zero-order chi connectivity index (χ0) is 12.6. The molecule has 0 spiro atoms. The number of sulfonamides is 1. The topological polar surface area (TPSA) is 57.6 Å². The first-order valence-corrected chi connectivity index (χ1v) is 7.44. The Labute approximate surface area is 98.7 Å². The number of aliphatic hydroxyl groups is 1. The molecular weight excluding hydrogens is 226 g/mol. The second-order valence-corrected chi connectivity index (χ2v) is 7.64. The Morgan fingerprint density at radius 2 is 2.00 bits per heavy atom. The molecule has 0 aromatic rings. The van der Waals surface area contributed by atoms with E-state index in [-0.39, 0.29) is 17.8 Å². The highest BCUT2D eigenvalue weighted by molar-refractivity contribution is 7.89. The molecule has 0 amide bonds. The maximum atomic E-state index is 12.2. The summed E-state index contributed by atoms with van der Waals surface area (Å²) >= 11 is 0. The Morgan fingerprint density at radius 1 is 1.44 bits per heavy atom. The molecule has 5 heteroatoms. The molecule has 0 bridgehead atoms. The van der Waals surface area contributed by atoms with Crippen LogP contribution >= 0.6 is 0 Å². The molecule has 1 heterocycles. The molecule has 4 nitrogen and oxygen atoms in total. The van der Waals surface area contributed by atoms with E-state index in [1.165, 1.54) is 0 Å². The molecule has 96 valence electrons. The first-order valence-electron chi connectivity index (χ1n) is 5.84. The molecule has 1 atom stereocenters. The lowest BCUT2D eigenvalue weighted by atomic mass is 9.91. The maximum absolute atomic E-state index is 12.2. The van der Waals surface area contributed by atoms with Gasteiger partial charge in [-0.2, -0.15) is 4.31 Å². The van der Waals surface area contributed by atoms with Crippen LogP contribution in [0.3, 0.4) is 0 Å². The molecule has 1 N–H and O–H groups in total. The van der Waals surface area contributed by atoms with Crippen molar-refractivity contribution in [3.63, 3.8) is 0 Å². The first kappa shape index (κ1) is 13.9. The van der Waals surface area contributed by atoms with Crippen LogP contribution < -0.4 is 0 Å². The summed E-state index contributed by atoms with van der Waals surface area (Å²) in [7, 11) is -3.19. The van der Waals surface area contributed by atoms with Gasteiger partial charge in [-0.25, -0.2) is 8.42 Å². The summed E-state index contributed by atoms with van der Waals surface area (Å²) in [5, 5.41) is 9.59. The van der Waals surface area contributed by atoms with Gasteiger partial charge in [-0.15, -0.1) is 0 Å². The molecule has 0 saturated carbocycles. The molecule has 1 unspecified atom stereocenters. The van der Waals surface area contributed by atoms with Gasteiger partial charge in [0.25, 0.3) is 0 Å². The Hall–Kier alpha value is -0.130. The van der Waals surface area contributed by atoms with Crippen LogP contribution in [0.2, 0.25) is 0 Å². The Morgan fingerprint density at radius 3 is 2.44 bits per heavy atom. The van der Waals surface area contributed by atoms with Crippen LogP contribution in [0.4, 0.5) is 0 Å². The Balaban J connectivity index is 2.87. The number of hydrogen-bond acceptors (Lipinski definition) is 3. The molecule has 1 saturated heterocycles. The Kier molecular flexibility index (Phi) is 4.03. The SMILES string of the molecule is CC(C)CS(=O)(=O)N1CCC(O)CC1(C)C. The number of rotatable bonds is 3. The maximum Gasteiger partial charge on any atom is 0.214 e. The van der Waals surface area contributed by atoms with E-state index in [0.717, 1.165) is 0 Å². The van der Waals surface area contributed by atoms with E-state index in [2.05, 4.69) is 0 Å². The molecule has 16 heavy (non-hydrogen) atoms. The molecule has 1 rings (SSSR count). The van der Waals surface area contributed by atoms with Gasteiger partial charge in [-0.05, 0) is 32.6 Å². The van der Waals surface area contributed by atoms with Crippen molar-refractivity contribution in [2.24, 2.45) is 5.92 Å². The quantitative estimate of drug-likeness (QED) is 0.818. The van der Waals surface area contributed by atoms with Crippen LogP contribution in [-0.4, -0.2) is 41.8 Å². The van der Waals surface area contributed by atoms with E-state index in [9.17, 15) is 13.5 Å². The third-order valence-electron chi connectivity index (χ3n) is 2.96. The predicted octanol–water partition coefficient (Wildman–Crippen LogP) is 1.21. The molecule has 0 radical (unpaired) electrons. The third kappa shape index (κ3) is 3.18. The zero-order valence-electron chi connectivity index (χ0n) is 10.6. The highest BCUT2D eigenvalue weighted by Crippen LogP contribution is 2.30. The van der Waals surface area contributed by atoms with Crippen molar-refractivity contribution < 1.29 is 13.5 Å². The van der Waals surface area contributed by atoms with E-state index >= 15 is 0 Å². The number of hydrogen-bond donors (Lipinski definition) is 1. The predicted molar refractivity (Wildman–Crippen MR) is 64.7 cm³/mol. The number of piperidine rings is 1. The van der Waals surface area contributed by atoms with Gasteiger partial charge in [0.15, 0.2) is 0 Å². The van der Waals surface area contributed by atoms with Crippen LogP contribution in [-0.2, 0) is 10.0 Å². The molecule has 1 aliphatic rings. The fraction of sp³-hybridized carbons (Fsp3) is 1.00. The molecule has 1 fully saturated rings. The number of aliphatic hydroxyl groups excluding tert-OH is 1. The second-order valence-electron chi connectivity index (χ2n) is 5.70. The minimum Gasteiger partial charge on any atom is -0.393 e. The lowest BCUT2D eigenvalue weighted by Crippen LogP contribution is -2.54. The number of nitrogens with zero attached hydrogens (tertiary/aromatic N) is 1. The third-order valence-corrected chi connectivity index (χ3v) is 5.39. The van der Waals surface area contributed by atoms with E-state index in [1.807, 2.05) is 27.7 Å². The summed E-state index contributed by atoms with van der Waals surface area (Å²) in [4.78, 5) is 0. The van der Waals surface area contributed by atoms with E-state index in [0.29, 0.717) is 19.4 Å². The molecule has 1 aliphatic heterocycles. The van der Waals surface area contributed by atoms with E-state index in [1.54, 1.807) is 4.31 Å². The highest BCUT2D eigenvalue weighted by atomic mass is 32.2. The van der Waals surface area contributed by atoms with Gasteiger partial charge in [0.2, 0.25) is 10.0 Å². The summed E-state index contributed by atoms with van der Waals surface area (Å²) in [6, 6.07) is 0. The van der Waals surface area contributed by atoms with Crippen molar-refractivity contribution in [2.75, 3.05) is 12.3 Å². The van der Waals surface area contributed by atoms with Crippen LogP contribution in [0.25, 0.3) is 0 Å². The minimum absolute atomic E-state index is 0.132. The lowest BCUT2D eigenvalue weighted by molar-refractivity contribution is 0.0443. The minimum atomic E-state index is -3.19. The normalized spacial score (nSPS) is 27.2. The van der Waals surface area contributed by atoms with Crippen molar-refractivity contribution in [2.45, 2.75) is 52.2 Å². The Bertz CT molecular complexity index is 335. The van der Waals surface area contributed by atoms with Crippen molar-refractivity contribution in [3.05, 3.63) is 0 Å². The van der Waals surface area contributed by atoms with Gasteiger partial charge >= 0.3 is 0 Å². The van der Waals surface area contributed by atoms with Gasteiger partial charge in [-0.3, -0.25) is 0 Å². The molecule has 0 aliphatic carbocycles. The van der Waals surface area contributed by atoms with Crippen LogP contribution in [0.15, 0.2) is 0 Å². The van der Waals surface area contributed by atoms with Crippen LogP contribution in [0, 0.1) is 5.92 Å². The van der Waals surface area contributed by atoms with Crippen LogP contribution in [0.1, 0.15) is 40.5 Å². The van der Waals surface area contributed by atoms with Gasteiger partial charge in [-0.1, -0.05) is 13.8 Å². The fourth-order valence-electron chi connectivity index (χ4n) is 2.38. The fourth-order valence-corrected chi connectivity index (χ4v) is 4.61. The van der Waals surface area contributed by atoms with Crippen LogP contribution in [0.5, 0.6) is 0 Å². The molecular formula is C11H23NO3S. The van der Waals surface area contributed by atoms with Gasteiger partial charge in [0, 0.05) is 12.1 Å². The largest absolute Gasteiger partial charge is 0.393 e. The summed E-state index contributed by atoms with van der Waals surface area (Å²) in [5.41, 5.74) is -0.467. The van der Waals surface area contributed by atoms with Crippen molar-refractivity contribution >= 4 is 10.0 Å². The van der Waals surface area contributed by atoms with Gasteiger partial charge < -0.3 is 5.11 Å². The van der Waals surface area contributed by atoms with Crippen molar-refractivity contribution in [3.8, 4) is 0 Å². The standard InChI is InChI=1S/C11H23NO3S/c1-9(2)8-16(14,15)12-6-5-10(13)7-11(12,3)4/h9-10,13H,5-8H2,1-4H3. The smallest absolute Gasteiger partial charge is 0.214 e. The zero-order valence-corrected chi connectivity index (χ0v) is 11.4. The molecule has 0 aromatic heterocycles. The summed E-state index contributed by atoms with van der Waals surface area (Å²) in [6.45, 7) is 8.01. The first-order chi connectivity index (χ1) is 7.15. The second kappa shape index (κ2) is 4.63. The average molecular weight is 249 g/mol. The van der Waals surface area contributed by atoms with Gasteiger partial charge in [0.05, 0.1) is 11.9 Å². The lowest BCUT2D eigenvalue weighted by Gasteiger charge is -2.43. The van der Waals surface area contributed by atoms with Crippen molar-refractivity contribution in [1.29, 1.82) is 0 Å². The summed E-state index contributed by atoms with van der Waals surface area (Å²) in [5.74, 6) is 0.319. The average Bonchev–Trinajstić information content (AvgIpc) is 1.97. The van der Waals surface area contributed by atoms with Gasteiger partial charge in [0.1, 0.15) is 0 Å². The summed E-state index contributed by atoms with van der Waals surface area (Å²) < 4.78 is 25.9. The highest BCUT2D eigenvalue weighted by Gasteiger charge is 2.40. The van der Waals surface area contributed by atoms with E-state index in [4.69, 9.17) is 0 Å². The monoisotopic (exact) mass is 249 g/mol.